The predicted octanol–water partition coefficient (Wildman–Crippen LogP) is 4.89. The standard InChI is InChI=1S/C26H30ClN5O4S/c1-15(2)22(29-24(34)17-9-7-6-8-10-17)23-30-31-26(32(23)5)37-14-21(33)28-20-13-18(11-12-19(20)27)25(35)36-16(3)4/h6-13,15-16,22H,14H2,1-5H3,(H,28,33)(H,29,34). The van der Waals surface area contributed by atoms with Crippen LogP contribution >= 0.6 is 23.4 Å². The summed E-state index contributed by atoms with van der Waals surface area (Å²) >= 11 is 7.41. The Kier molecular flexibility index (Phi) is 9.71. The Hall–Kier alpha value is -3.37. The number of hydrogen-bond acceptors (Lipinski definition) is 7. The number of hydrogen-bond donors (Lipinski definition) is 2. The van der Waals surface area contributed by atoms with E-state index >= 15 is 0 Å². The van der Waals surface area contributed by atoms with Crippen LogP contribution in [0.5, 0.6) is 0 Å². The molecule has 9 nitrogen and oxygen atoms in total. The van der Waals surface area contributed by atoms with Crippen molar-refractivity contribution in [1.29, 1.82) is 0 Å². The zero-order valence-electron chi connectivity index (χ0n) is 21.3. The van der Waals surface area contributed by atoms with Gasteiger partial charge in [0.25, 0.3) is 5.91 Å². The fourth-order valence-corrected chi connectivity index (χ4v) is 4.30. The van der Waals surface area contributed by atoms with Crippen molar-refractivity contribution >= 4 is 46.8 Å². The van der Waals surface area contributed by atoms with E-state index in [1.165, 1.54) is 23.9 Å². The topological polar surface area (TPSA) is 115 Å². The SMILES string of the molecule is CC(C)OC(=O)c1ccc(Cl)c(NC(=O)CSc2nnc(C(NC(=O)c3ccccc3)C(C)C)n2C)c1. The Morgan fingerprint density at radius 3 is 2.38 bits per heavy atom. The first kappa shape index (κ1) is 28.2. The molecule has 0 aliphatic rings. The van der Waals surface area contributed by atoms with E-state index in [0.29, 0.717) is 27.3 Å². The highest BCUT2D eigenvalue weighted by atomic mass is 35.5. The molecule has 196 valence electrons. The number of nitrogens with one attached hydrogen (secondary N) is 2. The molecule has 1 atom stereocenters. The fourth-order valence-electron chi connectivity index (χ4n) is 3.41. The summed E-state index contributed by atoms with van der Waals surface area (Å²) in [5.74, 6) is -0.362. The van der Waals surface area contributed by atoms with Gasteiger partial charge in [-0.25, -0.2) is 4.79 Å². The molecule has 0 bridgehead atoms. The molecule has 2 amide bonds. The van der Waals surface area contributed by atoms with Gasteiger partial charge in [-0.1, -0.05) is 55.4 Å². The van der Waals surface area contributed by atoms with Gasteiger partial charge in [-0.3, -0.25) is 9.59 Å². The lowest BCUT2D eigenvalue weighted by Gasteiger charge is -2.21. The summed E-state index contributed by atoms with van der Waals surface area (Å²) < 4.78 is 6.97. The first-order valence-corrected chi connectivity index (χ1v) is 13.1. The highest BCUT2D eigenvalue weighted by Crippen LogP contribution is 2.26. The molecule has 0 aliphatic heterocycles. The molecule has 11 heteroatoms. The first-order chi connectivity index (χ1) is 17.6. The van der Waals surface area contributed by atoms with Gasteiger partial charge < -0.3 is 19.9 Å². The maximum Gasteiger partial charge on any atom is 0.338 e. The minimum Gasteiger partial charge on any atom is -0.459 e. The van der Waals surface area contributed by atoms with Crippen molar-refractivity contribution in [3.05, 3.63) is 70.5 Å². The summed E-state index contributed by atoms with van der Waals surface area (Å²) in [6, 6.07) is 13.1. The normalized spacial score (nSPS) is 11.9. The van der Waals surface area contributed by atoms with Crippen molar-refractivity contribution in [2.75, 3.05) is 11.1 Å². The zero-order chi connectivity index (χ0) is 27.1. The number of halogens is 1. The van der Waals surface area contributed by atoms with Crippen LogP contribution in [-0.4, -0.2) is 44.4 Å². The Morgan fingerprint density at radius 2 is 1.73 bits per heavy atom. The molecule has 0 fully saturated rings. The van der Waals surface area contributed by atoms with E-state index in [2.05, 4.69) is 20.8 Å². The fraction of sp³-hybridized carbons (Fsp3) is 0.346. The second kappa shape index (κ2) is 12.7. The molecule has 1 unspecified atom stereocenters. The largest absolute Gasteiger partial charge is 0.459 e. The summed E-state index contributed by atoms with van der Waals surface area (Å²) in [6.07, 6.45) is -0.268. The third-order valence-electron chi connectivity index (χ3n) is 5.29. The lowest BCUT2D eigenvalue weighted by atomic mass is 10.0. The van der Waals surface area contributed by atoms with E-state index in [9.17, 15) is 14.4 Å². The molecule has 0 aliphatic carbocycles. The molecule has 37 heavy (non-hydrogen) atoms. The molecule has 2 N–H and O–H groups in total. The number of rotatable bonds is 10. The summed E-state index contributed by atoms with van der Waals surface area (Å²) in [6.45, 7) is 7.48. The highest BCUT2D eigenvalue weighted by molar-refractivity contribution is 7.99. The van der Waals surface area contributed by atoms with Crippen LogP contribution < -0.4 is 10.6 Å². The number of esters is 1. The minimum absolute atomic E-state index is 0.0334. The number of anilines is 1. The lowest BCUT2D eigenvalue weighted by Crippen LogP contribution is -2.33. The molecular formula is C26H30ClN5O4S. The third kappa shape index (κ3) is 7.56. The van der Waals surface area contributed by atoms with E-state index in [4.69, 9.17) is 16.3 Å². The number of carbonyl (C=O) groups is 3. The molecule has 1 heterocycles. The van der Waals surface area contributed by atoms with Gasteiger partial charge in [-0.15, -0.1) is 10.2 Å². The van der Waals surface area contributed by atoms with E-state index in [1.807, 2.05) is 32.0 Å². The van der Waals surface area contributed by atoms with Crippen LogP contribution in [0, 0.1) is 5.92 Å². The zero-order valence-corrected chi connectivity index (χ0v) is 22.9. The Balaban J connectivity index is 1.66. The van der Waals surface area contributed by atoms with Gasteiger partial charge in [0.15, 0.2) is 11.0 Å². The van der Waals surface area contributed by atoms with Crippen molar-refractivity contribution in [3.8, 4) is 0 Å². The Bertz CT molecular complexity index is 1260. The van der Waals surface area contributed by atoms with Gasteiger partial charge in [0.05, 0.1) is 34.2 Å². The molecule has 3 aromatic rings. The second-order valence-electron chi connectivity index (χ2n) is 8.95. The van der Waals surface area contributed by atoms with Crippen molar-refractivity contribution in [3.63, 3.8) is 0 Å². The Labute approximate surface area is 225 Å². The summed E-state index contributed by atoms with van der Waals surface area (Å²) in [5, 5.41) is 15.1. The van der Waals surface area contributed by atoms with E-state index in [1.54, 1.807) is 43.7 Å². The minimum atomic E-state index is -0.498. The molecule has 1 aromatic heterocycles. The maximum atomic E-state index is 12.7. The molecule has 0 radical (unpaired) electrons. The van der Waals surface area contributed by atoms with Crippen LogP contribution in [0.25, 0.3) is 0 Å². The predicted molar refractivity (Wildman–Crippen MR) is 144 cm³/mol. The van der Waals surface area contributed by atoms with Crippen LogP contribution in [0.4, 0.5) is 5.69 Å². The van der Waals surface area contributed by atoms with Gasteiger partial charge in [-0.05, 0) is 50.1 Å². The van der Waals surface area contributed by atoms with Crippen LogP contribution in [0.3, 0.4) is 0 Å². The number of nitrogens with zero attached hydrogens (tertiary/aromatic N) is 3. The van der Waals surface area contributed by atoms with Gasteiger partial charge in [0, 0.05) is 12.6 Å². The van der Waals surface area contributed by atoms with Crippen molar-refractivity contribution in [1.82, 2.24) is 20.1 Å². The summed E-state index contributed by atoms with van der Waals surface area (Å²) in [5.41, 5.74) is 1.16. The Morgan fingerprint density at radius 1 is 1.03 bits per heavy atom. The number of aromatic nitrogens is 3. The van der Waals surface area contributed by atoms with E-state index in [-0.39, 0.29) is 41.2 Å². The average molecular weight is 544 g/mol. The van der Waals surface area contributed by atoms with Crippen molar-refractivity contribution < 1.29 is 19.1 Å². The number of benzene rings is 2. The molecule has 0 saturated heterocycles. The number of ether oxygens (including phenoxy) is 1. The quantitative estimate of drug-likeness (QED) is 0.276. The highest BCUT2D eigenvalue weighted by Gasteiger charge is 2.25. The summed E-state index contributed by atoms with van der Waals surface area (Å²) in [4.78, 5) is 37.5. The molecule has 0 spiro atoms. The van der Waals surface area contributed by atoms with Crippen molar-refractivity contribution in [2.24, 2.45) is 13.0 Å². The van der Waals surface area contributed by atoms with E-state index in [0.717, 1.165) is 0 Å². The van der Waals surface area contributed by atoms with Crippen LogP contribution in [0.15, 0.2) is 53.7 Å². The first-order valence-electron chi connectivity index (χ1n) is 11.7. The number of carbonyl (C=O) groups excluding carboxylic acids is 3. The monoisotopic (exact) mass is 543 g/mol. The van der Waals surface area contributed by atoms with Crippen LogP contribution in [0.2, 0.25) is 5.02 Å². The molecule has 2 aromatic carbocycles. The van der Waals surface area contributed by atoms with Crippen LogP contribution in [-0.2, 0) is 16.6 Å². The number of amides is 2. The second-order valence-corrected chi connectivity index (χ2v) is 10.3. The van der Waals surface area contributed by atoms with Gasteiger partial charge in [0.1, 0.15) is 0 Å². The van der Waals surface area contributed by atoms with Gasteiger partial charge in [0.2, 0.25) is 5.91 Å². The number of thioether (sulfide) groups is 1. The lowest BCUT2D eigenvalue weighted by molar-refractivity contribution is -0.113. The maximum absolute atomic E-state index is 12.7. The van der Waals surface area contributed by atoms with Gasteiger partial charge in [-0.2, -0.15) is 0 Å². The average Bonchev–Trinajstić information content (AvgIpc) is 3.22. The molecule has 0 saturated carbocycles. The smallest absolute Gasteiger partial charge is 0.338 e. The molecular weight excluding hydrogens is 514 g/mol. The molecule has 3 rings (SSSR count). The van der Waals surface area contributed by atoms with Crippen molar-refractivity contribution in [2.45, 2.75) is 45.0 Å². The third-order valence-corrected chi connectivity index (χ3v) is 6.64. The van der Waals surface area contributed by atoms with Crippen LogP contribution in [0.1, 0.15) is 60.3 Å². The van der Waals surface area contributed by atoms with Gasteiger partial charge >= 0.3 is 5.97 Å². The van der Waals surface area contributed by atoms with E-state index < -0.39 is 5.97 Å². The summed E-state index contributed by atoms with van der Waals surface area (Å²) in [7, 11) is 1.79.